The molecule has 0 aromatic rings. The lowest BCUT2D eigenvalue weighted by Gasteiger charge is -2.55. The molecule has 0 aromatic heterocycles. The number of piperazine rings is 1. The SMILES string of the molecule is CCC(C)N1CC2(CCCCC2)NCC1(C)C. The second-order valence-corrected chi connectivity index (χ2v) is 6.89. The van der Waals surface area contributed by atoms with Crippen molar-refractivity contribution in [3.8, 4) is 0 Å². The van der Waals surface area contributed by atoms with Gasteiger partial charge in [-0.05, 0) is 40.0 Å². The summed E-state index contributed by atoms with van der Waals surface area (Å²) < 4.78 is 0. The molecule has 0 bridgehead atoms. The minimum absolute atomic E-state index is 0.318. The number of hydrogen-bond donors (Lipinski definition) is 1. The number of rotatable bonds is 2. The van der Waals surface area contributed by atoms with Crippen LogP contribution in [-0.2, 0) is 0 Å². The molecule has 1 unspecified atom stereocenters. The second kappa shape index (κ2) is 4.89. The lowest BCUT2D eigenvalue weighted by molar-refractivity contribution is -0.0158. The Balaban J connectivity index is 2.11. The molecule has 1 aliphatic heterocycles. The number of hydrogen-bond acceptors (Lipinski definition) is 2. The molecule has 2 aliphatic rings. The smallest absolute Gasteiger partial charge is 0.0309 e. The zero-order valence-corrected chi connectivity index (χ0v) is 12.2. The van der Waals surface area contributed by atoms with Crippen LogP contribution < -0.4 is 5.32 Å². The van der Waals surface area contributed by atoms with Crippen LogP contribution in [-0.4, -0.2) is 35.1 Å². The molecule has 1 heterocycles. The summed E-state index contributed by atoms with van der Waals surface area (Å²) in [5, 5.41) is 3.89. The Kier molecular flexibility index (Phi) is 3.84. The molecule has 17 heavy (non-hydrogen) atoms. The fourth-order valence-electron chi connectivity index (χ4n) is 3.64. The fraction of sp³-hybridized carbons (Fsp3) is 1.00. The van der Waals surface area contributed by atoms with Crippen molar-refractivity contribution in [1.82, 2.24) is 10.2 Å². The van der Waals surface area contributed by atoms with Gasteiger partial charge in [-0.3, -0.25) is 4.90 Å². The van der Waals surface area contributed by atoms with Gasteiger partial charge in [0, 0.05) is 30.2 Å². The Labute approximate surface area is 107 Å². The third-order valence-electron chi connectivity index (χ3n) is 5.08. The van der Waals surface area contributed by atoms with E-state index in [1.54, 1.807) is 0 Å². The quantitative estimate of drug-likeness (QED) is 0.795. The van der Waals surface area contributed by atoms with E-state index < -0.39 is 0 Å². The molecule has 100 valence electrons. The summed E-state index contributed by atoms with van der Waals surface area (Å²) in [6.07, 6.45) is 8.31. The monoisotopic (exact) mass is 238 g/mol. The summed E-state index contributed by atoms with van der Waals surface area (Å²) in [7, 11) is 0. The molecule has 1 atom stereocenters. The molecule has 1 saturated heterocycles. The van der Waals surface area contributed by atoms with Gasteiger partial charge in [-0.25, -0.2) is 0 Å². The molecule has 0 radical (unpaired) electrons. The van der Waals surface area contributed by atoms with Gasteiger partial charge in [0.1, 0.15) is 0 Å². The average Bonchev–Trinajstić information content (AvgIpc) is 2.33. The van der Waals surface area contributed by atoms with Gasteiger partial charge in [0.15, 0.2) is 0 Å². The van der Waals surface area contributed by atoms with E-state index in [1.165, 1.54) is 45.1 Å². The van der Waals surface area contributed by atoms with Gasteiger partial charge in [-0.1, -0.05) is 26.2 Å². The lowest BCUT2D eigenvalue weighted by atomic mass is 9.77. The maximum atomic E-state index is 3.89. The molecule has 1 saturated carbocycles. The molecule has 0 aromatic carbocycles. The first-order chi connectivity index (χ1) is 7.99. The molecule has 1 aliphatic carbocycles. The number of nitrogens with zero attached hydrogens (tertiary/aromatic N) is 1. The summed E-state index contributed by atoms with van der Waals surface area (Å²) in [4.78, 5) is 2.76. The zero-order valence-electron chi connectivity index (χ0n) is 12.2. The summed E-state index contributed by atoms with van der Waals surface area (Å²) in [5.41, 5.74) is 0.759. The van der Waals surface area contributed by atoms with Crippen LogP contribution in [0.15, 0.2) is 0 Å². The van der Waals surface area contributed by atoms with E-state index in [2.05, 4.69) is 37.9 Å². The highest BCUT2D eigenvalue weighted by Gasteiger charge is 2.44. The predicted octanol–water partition coefficient (Wildman–Crippen LogP) is 3.17. The molecule has 2 heteroatoms. The van der Waals surface area contributed by atoms with Crippen LogP contribution in [0, 0.1) is 0 Å². The van der Waals surface area contributed by atoms with Crippen molar-refractivity contribution in [2.45, 2.75) is 83.3 Å². The van der Waals surface area contributed by atoms with E-state index in [-0.39, 0.29) is 0 Å². The highest BCUT2D eigenvalue weighted by atomic mass is 15.3. The largest absolute Gasteiger partial charge is 0.308 e. The van der Waals surface area contributed by atoms with E-state index in [1.807, 2.05) is 0 Å². The minimum atomic E-state index is 0.318. The van der Waals surface area contributed by atoms with Crippen molar-refractivity contribution in [2.75, 3.05) is 13.1 Å². The van der Waals surface area contributed by atoms with Crippen LogP contribution in [0.5, 0.6) is 0 Å². The molecule has 2 nitrogen and oxygen atoms in total. The lowest BCUT2D eigenvalue weighted by Crippen LogP contribution is -2.70. The van der Waals surface area contributed by atoms with E-state index in [0.717, 1.165) is 6.54 Å². The average molecular weight is 238 g/mol. The third kappa shape index (κ3) is 2.68. The van der Waals surface area contributed by atoms with Crippen molar-refractivity contribution in [2.24, 2.45) is 0 Å². The predicted molar refractivity (Wildman–Crippen MR) is 74.4 cm³/mol. The van der Waals surface area contributed by atoms with Gasteiger partial charge in [0.2, 0.25) is 0 Å². The van der Waals surface area contributed by atoms with Crippen molar-refractivity contribution >= 4 is 0 Å². The van der Waals surface area contributed by atoms with E-state index in [4.69, 9.17) is 0 Å². The van der Waals surface area contributed by atoms with Crippen molar-refractivity contribution < 1.29 is 0 Å². The Morgan fingerprint density at radius 2 is 1.82 bits per heavy atom. The Morgan fingerprint density at radius 3 is 2.41 bits per heavy atom. The molecular formula is C15H30N2. The fourth-order valence-corrected chi connectivity index (χ4v) is 3.64. The van der Waals surface area contributed by atoms with Crippen LogP contribution in [0.4, 0.5) is 0 Å². The van der Waals surface area contributed by atoms with Gasteiger partial charge in [-0.2, -0.15) is 0 Å². The first-order valence-electron chi connectivity index (χ1n) is 7.51. The van der Waals surface area contributed by atoms with Crippen molar-refractivity contribution in [3.05, 3.63) is 0 Å². The van der Waals surface area contributed by atoms with Crippen molar-refractivity contribution in [1.29, 1.82) is 0 Å². The first kappa shape index (κ1) is 13.4. The Hall–Kier alpha value is -0.0800. The second-order valence-electron chi connectivity index (χ2n) is 6.89. The minimum Gasteiger partial charge on any atom is -0.308 e. The summed E-state index contributed by atoms with van der Waals surface area (Å²) >= 11 is 0. The van der Waals surface area contributed by atoms with Gasteiger partial charge < -0.3 is 5.32 Å². The van der Waals surface area contributed by atoms with Crippen LogP contribution in [0.1, 0.15) is 66.2 Å². The molecule has 2 rings (SSSR count). The topological polar surface area (TPSA) is 15.3 Å². The number of nitrogens with one attached hydrogen (secondary N) is 1. The van der Waals surface area contributed by atoms with Crippen LogP contribution in [0.25, 0.3) is 0 Å². The molecule has 0 amide bonds. The Bertz CT molecular complexity index is 254. The van der Waals surface area contributed by atoms with Crippen LogP contribution in [0.3, 0.4) is 0 Å². The van der Waals surface area contributed by atoms with Gasteiger partial charge in [-0.15, -0.1) is 0 Å². The summed E-state index contributed by atoms with van der Waals surface area (Å²) in [6, 6.07) is 0.714. The summed E-state index contributed by atoms with van der Waals surface area (Å²) in [5.74, 6) is 0. The Morgan fingerprint density at radius 1 is 1.18 bits per heavy atom. The van der Waals surface area contributed by atoms with Crippen LogP contribution >= 0.6 is 0 Å². The van der Waals surface area contributed by atoms with E-state index in [0.29, 0.717) is 17.1 Å². The molecule has 2 fully saturated rings. The first-order valence-corrected chi connectivity index (χ1v) is 7.51. The third-order valence-corrected chi connectivity index (χ3v) is 5.08. The van der Waals surface area contributed by atoms with Crippen molar-refractivity contribution in [3.63, 3.8) is 0 Å². The zero-order chi connectivity index (χ0) is 12.5. The molecular weight excluding hydrogens is 208 g/mol. The molecule has 1 spiro atoms. The summed E-state index contributed by atoms with van der Waals surface area (Å²) in [6.45, 7) is 11.9. The maximum Gasteiger partial charge on any atom is 0.0309 e. The van der Waals surface area contributed by atoms with E-state index in [9.17, 15) is 0 Å². The van der Waals surface area contributed by atoms with E-state index >= 15 is 0 Å². The normalized spacial score (nSPS) is 30.4. The highest BCUT2D eigenvalue weighted by Crippen LogP contribution is 2.35. The van der Waals surface area contributed by atoms with Crippen LogP contribution in [0.2, 0.25) is 0 Å². The maximum absolute atomic E-state index is 3.89. The molecule has 1 N–H and O–H groups in total. The highest BCUT2D eigenvalue weighted by molar-refractivity contribution is 5.04. The van der Waals surface area contributed by atoms with Gasteiger partial charge in [0.25, 0.3) is 0 Å². The standard InChI is InChI=1S/C15H30N2/c1-5-13(2)17-12-15(9-7-6-8-10-15)16-11-14(17,3)4/h13,16H,5-12H2,1-4H3. The van der Waals surface area contributed by atoms with Gasteiger partial charge >= 0.3 is 0 Å². The van der Waals surface area contributed by atoms with Gasteiger partial charge in [0.05, 0.1) is 0 Å².